The second kappa shape index (κ2) is 8.84. The highest BCUT2D eigenvalue weighted by Crippen LogP contribution is 2.35. The van der Waals surface area contributed by atoms with Crippen LogP contribution in [0.2, 0.25) is 0 Å². The fraction of sp³-hybridized carbons (Fsp3) is 0.304. The van der Waals surface area contributed by atoms with Crippen molar-refractivity contribution in [1.29, 1.82) is 0 Å². The summed E-state index contributed by atoms with van der Waals surface area (Å²) in [5.74, 6) is -0.254. The molecule has 0 radical (unpaired) electrons. The normalized spacial score (nSPS) is 13.7. The van der Waals surface area contributed by atoms with Crippen LogP contribution < -0.4 is 15.9 Å². The summed E-state index contributed by atoms with van der Waals surface area (Å²) in [4.78, 5) is 39.0. The number of carbonyl (C=O) groups excluding carboxylic acids is 1. The third kappa shape index (κ3) is 3.93. The van der Waals surface area contributed by atoms with E-state index in [2.05, 4.69) is 15.2 Å². The zero-order valence-electron chi connectivity index (χ0n) is 17.7. The maximum absolute atomic E-state index is 13.0. The Morgan fingerprint density at radius 3 is 2.69 bits per heavy atom. The summed E-state index contributed by atoms with van der Waals surface area (Å²) in [5, 5.41) is 5.80. The van der Waals surface area contributed by atoms with E-state index in [0.29, 0.717) is 16.0 Å². The van der Waals surface area contributed by atoms with Crippen LogP contribution in [0.5, 0.6) is 0 Å². The van der Waals surface area contributed by atoms with Crippen molar-refractivity contribution in [2.24, 2.45) is 0 Å². The molecule has 0 saturated carbocycles. The number of hydrogen-bond donors (Lipinski definition) is 1. The number of aromatic nitrogens is 3. The van der Waals surface area contributed by atoms with Crippen molar-refractivity contribution in [3.8, 4) is 10.6 Å². The molecule has 164 valence electrons. The number of thiazole rings is 1. The van der Waals surface area contributed by atoms with Gasteiger partial charge in [-0.15, -0.1) is 11.3 Å². The molecule has 0 spiro atoms. The van der Waals surface area contributed by atoms with E-state index in [0.717, 1.165) is 53.6 Å². The molecule has 9 heteroatoms. The van der Waals surface area contributed by atoms with Crippen molar-refractivity contribution in [3.63, 3.8) is 0 Å². The second-order valence-corrected chi connectivity index (χ2v) is 9.61. The number of amides is 1. The molecule has 1 aromatic carbocycles. The third-order valence-electron chi connectivity index (χ3n) is 5.61. The van der Waals surface area contributed by atoms with E-state index in [-0.39, 0.29) is 12.5 Å². The monoisotopic (exact) mass is 465 g/mol. The highest BCUT2D eigenvalue weighted by Gasteiger charge is 2.23. The molecule has 1 aliphatic rings. The molecule has 0 unspecified atom stereocenters. The maximum Gasteiger partial charge on any atom is 0.349 e. The predicted molar refractivity (Wildman–Crippen MR) is 131 cm³/mol. The first kappa shape index (κ1) is 20.8. The van der Waals surface area contributed by atoms with Gasteiger partial charge in [0.25, 0.3) is 0 Å². The Kier molecular flexibility index (Phi) is 5.75. The summed E-state index contributed by atoms with van der Waals surface area (Å²) in [6.07, 6.45) is 3.09. The van der Waals surface area contributed by atoms with Crippen molar-refractivity contribution in [2.45, 2.75) is 32.7 Å². The van der Waals surface area contributed by atoms with Crippen LogP contribution in [-0.4, -0.2) is 33.5 Å². The van der Waals surface area contributed by atoms with Gasteiger partial charge in [0, 0.05) is 18.8 Å². The molecule has 4 aromatic rings. The van der Waals surface area contributed by atoms with Gasteiger partial charge in [-0.25, -0.2) is 9.78 Å². The standard InChI is InChI=1S/C23H23N5O2S2/c1-2-15-8-3-4-9-16(15)24-18(29)14-28-21-20(26-23(32-21)27-11-5-6-12-27)19(25-22(28)30)17-10-7-13-31-17/h3-4,7-10,13H,2,5-6,11-12,14H2,1H3,(H,24,29). The Balaban J connectivity index is 1.55. The first-order chi connectivity index (χ1) is 15.6. The number of aryl methyl sites for hydroxylation is 1. The first-order valence-corrected chi connectivity index (χ1v) is 12.4. The number of carbonyl (C=O) groups is 1. The fourth-order valence-corrected chi connectivity index (χ4v) is 5.81. The number of para-hydroxylation sites is 1. The summed E-state index contributed by atoms with van der Waals surface area (Å²) < 4.78 is 1.45. The van der Waals surface area contributed by atoms with Crippen molar-refractivity contribution in [3.05, 3.63) is 57.8 Å². The second-order valence-electron chi connectivity index (χ2n) is 7.71. The van der Waals surface area contributed by atoms with Crippen molar-refractivity contribution < 1.29 is 4.79 Å². The lowest BCUT2D eigenvalue weighted by atomic mass is 10.1. The molecule has 1 fully saturated rings. The summed E-state index contributed by atoms with van der Waals surface area (Å²) in [6, 6.07) is 11.6. The van der Waals surface area contributed by atoms with Crippen LogP contribution in [0.3, 0.4) is 0 Å². The number of thiophene rings is 1. The zero-order chi connectivity index (χ0) is 22.1. The average Bonchev–Trinajstić information content (AvgIpc) is 3.57. The van der Waals surface area contributed by atoms with Gasteiger partial charge in [-0.1, -0.05) is 42.5 Å². The van der Waals surface area contributed by atoms with Crippen molar-refractivity contribution in [1.82, 2.24) is 14.5 Å². The van der Waals surface area contributed by atoms with Gasteiger partial charge in [0.1, 0.15) is 22.6 Å². The Labute approximate surface area is 193 Å². The third-order valence-corrected chi connectivity index (χ3v) is 7.63. The van der Waals surface area contributed by atoms with E-state index < -0.39 is 5.69 Å². The molecule has 0 atom stereocenters. The molecule has 4 heterocycles. The van der Waals surface area contributed by atoms with Gasteiger partial charge in [-0.05, 0) is 42.3 Å². The first-order valence-electron chi connectivity index (χ1n) is 10.7. The summed E-state index contributed by atoms with van der Waals surface area (Å²) >= 11 is 2.99. The summed E-state index contributed by atoms with van der Waals surface area (Å²) in [6.45, 7) is 3.86. The van der Waals surface area contributed by atoms with Gasteiger partial charge in [0.05, 0.1) is 4.88 Å². The van der Waals surface area contributed by atoms with Crippen LogP contribution in [0.15, 0.2) is 46.6 Å². The van der Waals surface area contributed by atoms with E-state index in [4.69, 9.17) is 4.98 Å². The van der Waals surface area contributed by atoms with Crippen LogP contribution >= 0.6 is 22.7 Å². The van der Waals surface area contributed by atoms with Crippen LogP contribution in [0.25, 0.3) is 20.9 Å². The van der Waals surface area contributed by atoms with Gasteiger partial charge < -0.3 is 10.2 Å². The van der Waals surface area contributed by atoms with Crippen LogP contribution in [0, 0.1) is 0 Å². The molecule has 0 bridgehead atoms. The number of hydrogen-bond acceptors (Lipinski definition) is 7. The largest absolute Gasteiger partial charge is 0.349 e. The lowest BCUT2D eigenvalue weighted by molar-refractivity contribution is -0.116. The van der Waals surface area contributed by atoms with Crippen molar-refractivity contribution in [2.75, 3.05) is 23.3 Å². The minimum atomic E-state index is -0.434. The Bertz CT molecular complexity index is 1320. The van der Waals surface area contributed by atoms with E-state index in [1.165, 1.54) is 27.2 Å². The number of anilines is 2. The van der Waals surface area contributed by atoms with Crippen molar-refractivity contribution >= 4 is 49.7 Å². The maximum atomic E-state index is 13.0. The molecule has 1 saturated heterocycles. The molecular formula is C23H23N5O2S2. The quantitative estimate of drug-likeness (QED) is 0.457. The molecule has 1 amide bonds. The van der Waals surface area contributed by atoms with E-state index in [1.807, 2.05) is 48.7 Å². The number of fused-ring (bicyclic) bond motifs is 1. The Morgan fingerprint density at radius 2 is 1.94 bits per heavy atom. The number of benzene rings is 1. The summed E-state index contributed by atoms with van der Waals surface area (Å²) in [7, 11) is 0. The molecule has 7 nitrogen and oxygen atoms in total. The lowest BCUT2D eigenvalue weighted by Crippen LogP contribution is -2.29. The van der Waals surface area contributed by atoms with Gasteiger partial charge in [0.15, 0.2) is 5.13 Å². The Hall–Kier alpha value is -3.04. The highest BCUT2D eigenvalue weighted by atomic mass is 32.1. The highest BCUT2D eigenvalue weighted by molar-refractivity contribution is 7.22. The molecule has 3 aromatic heterocycles. The van der Waals surface area contributed by atoms with Gasteiger partial charge in [-0.2, -0.15) is 4.98 Å². The molecule has 1 N–H and O–H groups in total. The number of nitrogens with zero attached hydrogens (tertiary/aromatic N) is 4. The fourth-order valence-electron chi connectivity index (χ4n) is 3.99. The minimum Gasteiger partial charge on any atom is -0.348 e. The average molecular weight is 466 g/mol. The molecule has 5 rings (SSSR count). The van der Waals surface area contributed by atoms with Crippen LogP contribution in [0.1, 0.15) is 25.3 Å². The van der Waals surface area contributed by atoms with E-state index in [1.54, 1.807) is 0 Å². The van der Waals surface area contributed by atoms with Gasteiger partial charge >= 0.3 is 5.69 Å². The SMILES string of the molecule is CCc1ccccc1NC(=O)Cn1c(=O)nc(-c2cccs2)c2nc(N3CCCC3)sc21. The zero-order valence-corrected chi connectivity index (χ0v) is 19.3. The smallest absolute Gasteiger partial charge is 0.348 e. The molecule has 1 aliphatic heterocycles. The van der Waals surface area contributed by atoms with Gasteiger partial charge in [-0.3, -0.25) is 9.36 Å². The molecular weight excluding hydrogens is 442 g/mol. The van der Waals surface area contributed by atoms with E-state index in [9.17, 15) is 9.59 Å². The summed E-state index contributed by atoms with van der Waals surface area (Å²) in [5.41, 5.74) is 2.67. The Morgan fingerprint density at radius 1 is 1.12 bits per heavy atom. The van der Waals surface area contributed by atoms with Gasteiger partial charge in [0.2, 0.25) is 5.91 Å². The van der Waals surface area contributed by atoms with Crippen LogP contribution in [0.4, 0.5) is 10.8 Å². The molecule has 0 aliphatic carbocycles. The topological polar surface area (TPSA) is 80.1 Å². The minimum absolute atomic E-state index is 0.104. The van der Waals surface area contributed by atoms with Crippen LogP contribution in [-0.2, 0) is 17.8 Å². The lowest BCUT2D eigenvalue weighted by Gasteiger charge is -2.12. The number of rotatable bonds is 6. The molecule has 32 heavy (non-hydrogen) atoms. The van der Waals surface area contributed by atoms with E-state index >= 15 is 0 Å². The predicted octanol–water partition coefficient (Wildman–Crippen LogP) is 4.38. The number of nitrogens with one attached hydrogen (secondary N) is 1.